The zero-order chi connectivity index (χ0) is 12.3. The van der Waals surface area contributed by atoms with Crippen LogP contribution in [0.2, 0.25) is 14.4 Å². The van der Waals surface area contributed by atoms with Crippen molar-refractivity contribution in [2.75, 3.05) is 0 Å². The highest BCUT2D eigenvalue weighted by Crippen LogP contribution is 2.30. The first-order valence-corrected chi connectivity index (χ1v) is 7.72. The van der Waals surface area contributed by atoms with Crippen LogP contribution in [0.4, 0.5) is 0 Å². The van der Waals surface area contributed by atoms with Crippen LogP contribution >= 0.6 is 58.1 Å². The molecule has 0 aliphatic carbocycles. The number of nitrogens with zero attached hydrogens (tertiary/aromatic N) is 2. The Hall–Kier alpha value is -0.000000000000000167. The van der Waals surface area contributed by atoms with Crippen LogP contribution in [-0.2, 0) is 11.5 Å². The van der Waals surface area contributed by atoms with E-state index in [1.807, 2.05) is 18.2 Å². The largest absolute Gasteiger partial charge is 0.150 e. The van der Waals surface area contributed by atoms with Gasteiger partial charge in [-0.15, -0.1) is 5.10 Å². The van der Waals surface area contributed by atoms with Gasteiger partial charge in [-0.1, -0.05) is 45.4 Å². The summed E-state index contributed by atoms with van der Waals surface area (Å²) in [5.74, 6) is 1.43. The van der Waals surface area contributed by atoms with E-state index in [9.17, 15) is 0 Å². The van der Waals surface area contributed by atoms with Gasteiger partial charge in [-0.05, 0) is 17.7 Å². The summed E-state index contributed by atoms with van der Waals surface area (Å²) in [5.41, 5.74) is 1.75. The first-order chi connectivity index (χ1) is 8.18. The van der Waals surface area contributed by atoms with Crippen molar-refractivity contribution in [3.63, 3.8) is 0 Å². The number of aromatic nitrogens is 2. The summed E-state index contributed by atoms with van der Waals surface area (Å²) < 4.78 is 4.42. The molecule has 2 nitrogen and oxygen atoms in total. The SMILES string of the molecule is Clc1cccc(Cl)c1CSCc1nnsc1Cl. The van der Waals surface area contributed by atoms with Crippen molar-refractivity contribution in [1.82, 2.24) is 9.59 Å². The maximum absolute atomic E-state index is 6.07. The maximum atomic E-state index is 6.07. The van der Waals surface area contributed by atoms with Gasteiger partial charge < -0.3 is 0 Å². The number of hydrogen-bond donors (Lipinski definition) is 0. The Bertz CT molecular complexity index is 496. The Morgan fingerprint density at radius 2 is 1.82 bits per heavy atom. The van der Waals surface area contributed by atoms with E-state index in [1.165, 1.54) is 11.5 Å². The number of hydrogen-bond acceptors (Lipinski definition) is 4. The van der Waals surface area contributed by atoms with Crippen LogP contribution in [0, 0.1) is 0 Å². The van der Waals surface area contributed by atoms with E-state index in [1.54, 1.807) is 11.8 Å². The summed E-state index contributed by atoms with van der Waals surface area (Å²) in [6, 6.07) is 5.50. The molecule has 0 radical (unpaired) electrons. The molecule has 0 aliphatic heterocycles. The van der Waals surface area contributed by atoms with E-state index in [4.69, 9.17) is 34.8 Å². The van der Waals surface area contributed by atoms with E-state index >= 15 is 0 Å². The van der Waals surface area contributed by atoms with Crippen molar-refractivity contribution < 1.29 is 0 Å². The van der Waals surface area contributed by atoms with Gasteiger partial charge in [-0.25, -0.2) is 0 Å². The fraction of sp³-hybridized carbons (Fsp3) is 0.200. The Morgan fingerprint density at radius 3 is 2.41 bits per heavy atom. The Labute approximate surface area is 122 Å². The van der Waals surface area contributed by atoms with Gasteiger partial charge in [0.15, 0.2) is 0 Å². The molecule has 2 rings (SSSR count). The molecule has 0 aliphatic rings. The van der Waals surface area contributed by atoms with E-state index in [2.05, 4.69) is 9.59 Å². The molecule has 2 aromatic rings. The lowest BCUT2D eigenvalue weighted by Gasteiger charge is -2.05. The second kappa shape index (κ2) is 6.25. The van der Waals surface area contributed by atoms with Crippen molar-refractivity contribution >= 4 is 58.1 Å². The minimum Gasteiger partial charge on any atom is -0.150 e. The van der Waals surface area contributed by atoms with Gasteiger partial charge in [-0.3, -0.25) is 0 Å². The standard InChI is InChI=1S/C10H7Cl3N2S2/c11-7-2-1-3-8(12)6(7)4-16-5-9-10(13)17-15-14-9/h1-3H,4-5H2. The molecule has 7 heteroatoms. The first kappa shape index (κ1) is 13.4. The molecule has 0 saturated carbocycles. The third-order valence-corrected chi connectivity index (χ3v) is 4.72. The second-order valence-electron chi connectivity index (χ2n) is 3.19. The molecule has 17 heavy (non-hydrogen) atoms. The van der Waals surface area contributed by atoms with Gasteiger partial charge in [0.05, 0.1) is 0 Å². The van der Waals surface area contributed by atoms with E-state index in [-0.39, 0.29) is 0 Å². The summed E-state index contributed by atoms with van der Waals surface area (Å²) in [6.07, 6.45) is 0. The molecule has 0 saturated heterocycles. The predicted octanol–water partition coefficient (Wildman–Crippen LogP) is 4.93. The smallest absolute Gasteiger partial charge is 0.138 e. The number of rotatable bonds is 4. The monoisotopic (exact) mass is 324 g/mol. The van der Waals surface area contributed by atoms with E-state index in [0.717, 1.165) is 17.0 Å². The molecular weight excluding hydrogens is 319 g/mol. The van der Waals surface area contributed by atoms with Crippen molar-refractivity contribution in [3.8, 4) is 0 Å². The fourth-order valence-corrected chi connectivity index (χ4v) is 3.70. The number of halogens is 3. The summed E-state index contributed by atoms with van der Waals surface area (Å²) in [4.78, 5) is 0. The molecule has 1 aromatic heterocycles. The van der Waals surface area contributed by atoms with Gasteiger partial charge in [0.2, 0.25) is 0 Å². The van der Waals surface area contributed by atoms with E-state index < -0.39 is 0 Å². The van der Waals surface area contributed by atoms with Crippen molar-refractivity contribution in [2.24, 2.45) is 0 Å². The second-order valence-corrected chi connectivity index (χ2v) is 6.34. The molecule has 0 unspecified atom stereocenters. The number of benzene rings is 1. The average molecular weight is 326 g/mol. The molecule has 0 N–H and O–H groups in total. The molecule has 0 bridgehead atoms. The highest BCUT2D eigenvalue weighted by molar-refractivity contribution is 7.97. The molecule has 0 atom stereocenters. The Kier molecular flexibility index (Phi) is 4.94. The summed E-state index contributed by atoms with van der Waals surface area (Å²) in [6.45, 7) is 0. The minimum absolute atomic E-state index is 0.641. The van der Waals surface area contributed by atoms with Crippen LogP contribution in [0.15, 0.2) is 18.2 Å². The summed E-state index contributed by atoms with van der Waals surface area (Å²) >= 11 is 20.9. The molecule has 0 amide bonds. The lowest BCUT2D eigenvalue weighted by atomic mass is 10.2. The van der Waals surface area contributed by atoms with Crippen LogP contribution in [0.5, 0.6) is 0 Å². The van der Waals surface area contributed by atoms with Crippen LogP contribution < -0.4 is 0 Å². The van der Waals surface area contributed by atoms with Crippen molar-refractivity contribution in [1.29, 1.82) is 0 Å². The summed E-state index contributed by atoms with van der Waals surface area (Å²) in [5, 5.41) is 5.32. The van der Waals surface area contributed by atoms with Crippen molar-refractivity contribution in [3.05, 3.63) is 43.8 Å². The lowest BCUT2D eigenvalue weighted by molar-refractivity contribution is 1.07. The third-order valence-electron chi connectivity index (χ3n) is 2.06. The highest BCUT2D eigenvalue weighted by Gasteiger charge is 2.08. The van der Waals surface area contributed by atoms with Gasteiger partial charge in [0, 0.05) is 33.1 Å². The highest BCUT2D eigenvalue weighted by atomic mass is 35.5. The van der Waals surface area contributed by atoms with Crippen LogP contribution in [-0.4, -0.2) is 9.59 Å². The van der Waals surface area contributed by atoms with Crippen LogP contribution in [0.25, 0.3) is 0 Å². The maximum Gasteiger partial charge on any atom is 0.138 e. The number of thioether (sulfide) groups is 1. The van der Waals surface area contributed by atoms with Crippen LogP contribution in [0.1, 0.15) is 11.3 Å². The predicted molar refractivity (Wildman–Crippen MR) is 76.4 cm³/mol. The minimum atomic E-state index is 0.641. The molecule has 1 heterocycles. The van der Waals surface area contributed by atoms with Gasteiger partial charge >= 0.3 is 0 Å². The van der Waals surface area contributed by atoms with Gasteiger partial charge in [-0.2, -0.15) is 11.8 Å². The van der Waals surface area contributed by atoms with E-state index in [0.29, 0.717) is 20.1 Å². The zero-order valence-electron chi connectivity index (χ0n) is 8.49. The quantitative estimate of drug-likeness (QED) is 0.797. The molecule has 1 aromatic carbocycles. The molecule has 90 valence electrons. The lowest BCUT2D eigenvalue weighted by Crippen LogP contribution is -1.87. The summed E-state index contributed by atoms with van der Waals surface area (Å²) in [7, 11) is 0. The Balaban J connectivity index is 1.97. The molecule has 0 spiro atoms. The van der Waals surface area contributed by atoms with Crippen LogP contribution in [0.3, 0.4) is 0 Å². The topological polar surface area (TPSA) is 25.8 Å². The zero-order valence-corrected chi connectivity index (χ0v) is 12.4. The van der Waals surface area contributed by atoms with Gasteiger partial charge in [0.1, 0.15) is 10.0 Å². The Morgan fingerprint density at radius 1 is 1.12 bits per heavy atom. The molecular formula is C10H7Cl3N2S2. The van der Waals surface area contributed by atoms with Crippen molar-refractivity contribution in [2.45, 2.75) is 11.5 Å². The normalized spacial score (nSPS) is 10.8. The molecule has 0 fully saturated rings. The van der Waals surface area contributed by atoms with Gasteiger partial charge in [0.25, 0.3) is 0 Å². The fourth-order valence-electron chi connectivity index (χ4n) is 1.20. The average Bonchev–Trinajstić information content (AvgIpc) is 2.69. The third kappa shape index (κ3) is 3.48. The first-order valence-electron chi connectivity index (χ1n) is 4.66.